The summed E-state index contributed by atoms with van der Waals surface area (Å²) in [5, 5.41) is 0. The van der Waals surface area contributed by atoms with Crippen LogP contribution in [0.2, 0.25) is 0 Å². The van der Waals surface area contributed by atoms with E-state index in [1.54, 1.807) is 0 Å². The molecule has 0 rings (SSSR count). The van der Waals surface area contributed by atoms with Crippen molar-refractivity contribution in [3.63, 3.8) is 0 Å². The predicted molar refractivity (Wildman–Crippen MR) is 117 cm³/mol. The molecule has 0 aromatic heterocycles. The summed E-state index contributed by atoms with van der Waals surface area (Å²) < 4.78 is 0. The second-order valence-corrected chi connectivity index (χ2v) is 8.42. The van der Waals surface area contributed by atoms with Crippen LogP contribution >= 0.6 is 32.9 Å². The molecule has 0 aromatic carbocycles. The van der Waals surface area contributed by atoms with E-state index in [0.29, 0.717) is 0 Å². The fraction of sp³-hybridized carbons (Fsp3) is 1.00. The Morgan fingerprint density at radius 3 is 1.04 bits per heavy atom. The van der Waals surface area contributed by atoms with Gasteiger partial charge in [-0.2, -0.15) is 0 Å². The summed E-state index contributed by atoms with van der Waals surface area (Å²) in [6.07, 6.45) is 25.8. The first-order chi connectivity index (χ1) is 10.8. The largest absolute Gasteiger partial charge is 0.114 e. The second kappa shape index (κ2) is 23.0. The Morgan fingerprint density at radius 2 is 0.739 bits per heavy atom. The third-order valence-corrected chi connectivity index (χ3v) is 5.66. The molecule has 142 valence electrons. The molecule has 23 heavy (non-hydrogen) atoms. The lowest BCUT2D eigenvalue weighted by Crippen LogP contribution is -1.97. The Hall–Kier alpha value is 0.960. The van der Waals surface area contributed by atoms with Crippen LogP contribution in [0, 0.1) is 0 Å². The third-order valence-electron chi connectivity index (χ3n) is 4.74. The van der Waals surface area contributed by atoms with E-state index in [-0.39, 0.29) is 17.0 Å². The van der Waals surface area contributed by atoms with Crippen LogP contribution in [-0.2, 0) is 0 Å². The quantitative estimate of drug-likeness (QED) is 0.142. The number of hydrogen-bond donors (Lipinski definition) is 0. The summed E-state index contributed by atoms with van der Waals surface area (Å²) in [4.78, 5) is 0.785. The number of alkyl halides is 1. The Bertz CT molecular complexity index is 174. The first-order valence-electron chi connectivity index (χ1n) is 10.4. The van der Waals surface area contributed by atoms with Gasteiger partial charge in [-0.25, -0.2) is 0 Å². The molecule has 0 saturated heterocycles. The van der Waals surface area contributed by atoms with Gasteiger partial charge in [0.05, 0.1) is 0 Å². The lowest BCUT2D eigenvalue weighted by molar-refractivity contribution is 0.533. The fourth-order valence-corrected chi connectivity index (χ4v) is 3.79. The average Bonchev–Trinajstić information content (AvgIpc) is 2.52. The van der Waals surface area contributed by atoms with Crippen LogP contribution in [0.4, 0.5) is 0 Å². The molecule has 2 heteroatoms. The molecule has 0 radical (unpaired) electrons. The summed E-state index contributed by atoms with van der Waals surface area (Å²) >= 11 is 3.88. The standard InChI is InChI=1S/C21H43Br.BrH/c1-3-5-7-9-11-13-15-17-19-21(22)20-18-16-14-12-10-8-6-4-2;/h21H,3-20H2,1-2H3;1H. The molecular formula is C21H44Br2. The van der Waals surface area contributed by atoms with Gasteiger partial charge in [0.15, 0.2) is 0 Å². The van der Waals surface area contributed by atoms with E-state index in [2.05, 4.69) is 29.8 Å². The van der Waals surface area contributed by atoms with Crippen LogP contribution < -0.4 is 0 Å². The van der Waals surface area contributed by atoms with Gasteiger partial charge in [-0.05, 0) is 12.8 Å². The van der Waals surface area contributed by atoms with E-state index in [9.17, 15) is 0 Å². The van der Waals surface area contributed by atoms with Crippen LogP contribution in [0.3, 0.4) is 0 Å². The van der Waals surface area contributed by atoms with Crippen molar-refractivity contribution in [3.05, 3.63) is 0 Å². The minimum atomic E-state index is 0. The van der Waals surface area contributed by atoms with E-state index in [1.807, 2.05) is 0 Å². The van der Waals surface area contributed by atoms with Crippen LogP contribution in [-0.4, -0.2) is 4.83 Å². The van der Waals surface area contributed by atoms with Gasteiger partial charge in [0.1, 0.15) is 0 Å². The molecule has 0 nitrogen and oxygen atoms in total. The summed E-state index contributed by atoms with van der Waals surface area (Å²) in [5.41, 5.74) is 0. The highest BCUT2D eigenvalue weighted by atomic mass is 79.9. The molecule has 0 amide bonds. The van der Waals surface area contributed by atoms with E-state index < -0.39 is 0 Å². The number of halogens is 2. The van der Waals surface area contributed by atoms with Gasteiger partial charge in [-0.3, -0.25) is 0 Å². The maximum atomic E-state index is 3.88. The third kappa shape index (κ3) is 23.0. The molecular weight excluding hydrogens is 412 g/mol. The summed E-state index contributed by atoms with van der Waals surface area (Å²) in [7, 11) is 0. The highest BCUT2D eigenvalue weighted by Gasteiger charge is 2.03. The SMILES string of the molecule is Br.CCCCCCCCCCC(Br)CCCCCCCCCC. The topological polar surface area (TPSA) is 0 Å². The minimum absolute atomic E-state index is 0. The van der Waals surface area contributed by atoms with Crippen molar-refractivity contribution in [2.45, 2.75) is 134 Å². The van der Waals surface area contributed by atoms with Gasteiger partial charge in [-0.15, -0.1) is 17.0 Å². The molecule has 0 atom stereocenters. The molecule has 0 aliphatic carbocycles. The lowest BCUT2D eigenvalue weighted by Gasteiger charge is -2.09. The summed E-state index contributed by atoms with van der Waals surface area (Å²) in [6, 6.07) is 0. The van der Waals surface area contributed by atoms with E-state index in [0.717, 1.165) is 4.83 Å². The van der Waals surface area contributed by atoms with Crippen molar-refractivity contribution >= 4 is 32.9 Å². The molecule has 0 heterocycles. The predicted octanol–water partition coefficient (Wildman–Crippen LogP) is 9.39. The molecule has 0 aromatic rings. The fourth-order valence-electron chi connectivity index (χ4n) is 3.14. The average molecular weight is 456 g/mol. The Morgan fingerprint density at radius 1 is 0.478 bits per heavy atom. The molecule has 0 spiro atoms. The monoisotopic (exact) mass is 454 g/mol. The highest BCUT2D eigenvalue weighted by molar-refractivity contribution is 9.09. The first kappa shape index (κ1) is 26.2. The smallest absolute Gasteiger partial charge is 0.0145 e. The Balaban J connectivity index is 0. The van der Waals surface area contributed by atoms with Gasteiger partial charge < -0.3 is 0 Å². The minimum Gasteiger partial charge on any atom is -0.114 e. The Kier molecular flexibility index (Phi) is 26.1. The first-order valence-corrected chi connectivity index (χ1v) is 11.4. The summed E-state index contributed by atoms with van der Waals surface area (Å²) in [6.45, 7) is 4.59. The van der Waals surface area contributed by atoms with Crippen LogP contribution in [0.15, 0.2) is 0 Å². The van der Waals surface area contributed by atoms with E-state index in [1.165, 1.54) is 116 Å². The normalized spacial score (nSPS) is 11.0. The Labute approximate surface area is 166 Å². The second-order valence-electron chi connectivity index (χ2n) is 7.12. The molecule has 0 fully saturated rings. The molecule has 0 N–H and O–H groups in total. The van der Waals surface area contributed by atoms with Gasteiger partial charge in [-0.1, -0.05) is 133 Å². The number of hydrogen-bond acceptors (Lipinski definition) is 0. The van der Waals surface area contributed by atoms with Gasteiger partial charge >= 0.3 is 0 Å². The maximum Gasteiger partial charge on any atom is 0.0145 e. The van der Waals surface area contributed by atoms with Gasteiger partial charge in [0.2, 0.25) is 0 Å². The molecule has 0 bridgehead atoms. The van der Waals surface area contributed by atoms with Gasteiger partial charge in [0.25, 0.3) is 0 Å². The zero-order chi connectivity index (χ0) is 16.3. The van der Waals surface area contributed by atoms with Crippen LogP contribution in [0.1, 0.15) is 129 Å². The van der Waals surface area contributed by atoms with Gasteiger partial charge in [0, 0.05) is 4.83 Å². The number of unbranched alkanes of at least 4 members (excludes halogenated alkanes) is 14. The van der Waals surface area contributed by atoms with Crippen molar-refractivity contribution in [2.24, 2.45) is 0 Å². The van der Waals surface area contributed by atoms with Crippen molar-refractivity contribution in [1.29, 1.82) is 0 Å². The van der Waals surface area contributed by atoms with Crippen molar-refractivity contribution < 1.29 is 0 Å². The highest BCUT2D eigenvalue weighted by Crippen LogP contribution is 2.19. The maximum absolute atomic E-state index is 3.88. The van der Waals surface area contributed by atoms with Crippen molar-refractivity contribution in [1.82, 2.24) is 0 Å². The van der Waals surface area contributed by atoms with Crippen LogP contribution in [0.25, 0.3) is 0 Å². The van der Waals surface area contributed by atoms with Crippen LogP contribution in [0.5, 0.6) is 0 Å². The molecule has 0 aliphatic heterocycles. The molecule has 0 saturated carbocycles. The van der Waals surface area contributed by atoms with E-state index in [4.69, 9.17) is 0 Å². The molecule has 0 aliphatic rings. The van der Waals surface area contributed by atoms with Crippen molar-refractivity contribution in [3.8, 4) is 0 Å². The summed E-state index contributed by atoms with van der Waals surface area (Å²) in [5.74, 6) is 0. The zero-order valence-electron chi connectivity index (χ0n) is 16.1. The molecule has 0 unspecified atom stereocenters. The zero-order valence-corrected chi connectivity index (χ0v) is 19.4. The lowest BCUT2D eigenvalue weighted by atomic mass is 10.0. The number of rotatable bonds is 18. The van der Waals surface area contributed by atoms with Crippen molar-refractivity contribution in [2.75, 3.05) is 0 Å². The van der Waals surface area contributed by atoms with E-state index >= 15 is 0 Å².